The van der Waals surface area contributed by atoms with Crippen LogP contribution < -0.4 is 10.2 Å². The van der Waals surface area contributed by atoms with Crippen LogP contribution >= 0.6 is 0 Å². The van der Waals surface area contributed by atoms with Crippen LogP contribution in [0, 0.1) is 6.92 Å². The fraction of sp³-hybridized carbons (Fsp3) is 0.357. The van der Waals surface area contributed by atoms with E-state index in [0.717, 1.165) is 12.2 Å². The van der Waals surface area contributed by atoms with Gasteiger partial charge in [-0.05, 0) is 24.6 Å². The quantitative estimate of drug-likeness (QED) is 0.896. The van der Waals surface area contributed by atoms with Crippen LogP contribution in [0.3, 0.4) is 0 Å². The lowest BCUT2D eigenvalue weighted by Gasteiger charge is -2.17. The third-order valence-corrected chi connectivity index (χ3v) is 2.95. The molecule has 2 aromatic rings. The molecule has 96 valence electrons. The number of benzene rings is 1. The summed E-state index contributed by atoms with van der Waals surface area (Å²) in [6.45, 7) is 2.92. The van der Waals surface area contributed by atoms with Crippen molar-refractivity contribution in [3.05, 3.63) is 41.7 Å². The Labute approximate surface area is 108 Å². The molecule has 0 spiro atoms. The highest BCUT2D eigenvalue weighted by atomic mass is 15.2. The van der Waals surface area contributed by atoms with Crippen LogP contribution in [0.15, 0.2) is 30.6 Å². The Morgan fingerprint density at radius 2 is 2.11 bits per heavy atom. The van der Waals surface area contributed by atoms with Crippen molar-refractivity contribution in [2.45, 2.75) is 13.5 Å². The molecule has 1 aromatic heterocycles. The van der Waals surface area contributed by atoms with Crippen LogP contribution in [0.5, 0.6) is 0 Å². The highest BCUT2D eigenvalue weighted by molar-refractivity contribution is 5.61. The third-order valence-electron chi connectivity index (χ3n) is 2.95. The Morgan fingerprint density at radius 3 is 2.72 bits per heavy atom. The van der Waals surface area contributed by atoms with Gasteiger partial charge in [0.1, 0.15) is 0 Å². The van der Waals surface area contributed by atoms with E-state index in [1.54, 1.807) is 0 Å². The predicted octanol–water partition coefficient (Wildman–Crippen LogP) is 2.41. The number of rotatable bonds is 4. The Morgan fingerprint density at radius 1 is 1.33 bits per heavy atom. The normalized spacial score (nSPS) is 10.4. The van der Waals surface area contributed by atoms with Gasteiger partial charge in [-0.25, -0.2) is 0 Å². The van der Waals surface area contributed by atoms with Crippen LogP contribution in [-0.2, 0) is 13.6 Å². The van der Waals surface area contributed by atoms with E-state index < -0.39 is 0 Å². The van der Waals surface area contributed by atoms with Crippen LogP contribution in [0.4, 0.5) is 11.4 Å². The van der Waals surface area contributed by atoms with E-state index in [0.29, 0.717) is 0 Å². The zero-order chi connectivity index (χ0) is 13.1. The van der Waals surface area contributed by atoms with E-state index in [-0.39, 0.29) is 0 Å². The van der Waals surface area contributed by atoms with Gasteiger partial charge in [-0.2, -0.15) is 5.10 Å². The SMILES string of the molecule is Cc1ccc(NCc2cnn(C)c2)cc1N(C)C. The number of aryl methyl sites for hydroxylation is 2. The first-order chi connectivity index (χ1) is 8.56. The zero-order valence-electron chi connectivity index (χ0n) is 11.4. The van der Waals surface area contributed by atoms with Gasteiger partial charge in [0.15, 0.2) is 0 Å². The molecule has 0 amide bonds. The second-order valence-corrected chi connectivity index (χ2v) is 4.77. The third kappa shape index (κ3) is 2.83. The molecule has 0 saturated heterocycles. The van der Waals surface area contributed by atoms with Crippen molar-refractivity contribution in [2.24, 2.45) is 7.05 Å². The number of hydrogen-bond acceptors (Lipinski definition) is 3. The van der Waals surface area contributed by atoms with Crippen molar-refractivity contribution in [1.82, 2.24) is 9.78 Å². The van der Waals surface area contributed by atoms with E-state index in [2.05, 4.69) is 54.5 Å². The molecular formula is C14H20N4. The van der Waals surface area contributed by atoms with E-state index in [4.69, 9.17) is 0 Å². The number of hydrogen-bond donors (Lipinski definition) is 1. The predicted molar refractivity (Wildman–Crippen MR) is 76.0 cm³/mol. The largest absolute Gasteiger partial charge is 0.381 e. The van der Waals surface area contributed by atoms with Crippen molar-refractivity contribution >= 4 is 11.4 Å². The van der Waals surface area contributed by atoms with Gasteiger partial charge < -0.3 is 10.2 Å². The molecule has 0 saturated carbocycles. The first-order valence-electron chi connectivity index (χ1n) is 6.05. The van der Waals surface area contributed by atoms with E-state index in [9.17, 15) is 0 Å². The summed E-state index contributed by atoms with van der Waals surface area (Å²) >= 11 is 0. The van der Waals surface area contributed by atoms with Crippen LogP contribution in [0.25, 0.3) is 0 Å². The molecule has 0 radical (unpaired) electrons. The van der Waals surface area contributed by atoms with Crippen molar-refractivity contribution in [3.8, 4) is 0 Å². The van der Waals surface area contributed by atoms with Crippen LogP contribution in [0.2, 0.25) is 0 Å². The van der Waals surface area contributed by atoms with E-state index >= 15 is 0 Å². The van der Waals surface area contributed by atoms with Gasteiger partial charge in [0.2, 0.25) is 0 Å². The summed E-state index contributed by atoms with van der Waals surface area (Å²) in [6.07, 6.45) is 3.90. The molecular weight excluding hydrogens is 224 g/mol. The average molecular weight is 244 g/mol. The summed E-state index contributed by atoms with van der Waals surface area (Å²) in [5.74, 6) is 0. The number of aromatic nitrogens is 2. The second kappa shape index (κ2) is 5.12. The maximum absolute atomic E-state index is 4.16. The average Bonchev–Trinajstić information content (AvgIpc) is 2.74. The number of nitrogens with one attached hydrogen (secondary N) is 1. The molecule has 0 aliphatic rings. The summed E-state index contributed by atoms with van der Waals surface area (Å²) < 4.78 is 1.82. The molecule has 4 nitrogen and oxygen atoms in total. The molecule has 0 bridgehead atoms. The lowest BCUT2D eigenvalue weighted by Crippen LogP contribution is -2.10. The van der Waals surface area contributed by atoms with E-state index in [1.165, 1.54) is 16.8 Å². The summed E-state index contributed by atoms with van der Waals surface area (Å²) in [6, 6.07) is 6.42. The maximum atomic E-state index is 4.16. The first kappa shape index (κ1) is 12.5. The minimum absolute atomic E-state index is 0.795. The smallest absolute Gasteiger partial charge is 0.0539 e. The molecule has 2 rings (SSSR count). The highest BCUT2D eigenvalue weighted by Gasteiger charge is 2.02. The standard InChI is InChI=1S/C14H20N4/c1-11-5-6-13(7-14(11)17(2)3)15-8-12-9-16-18(4)10-12/h5-7,9-10,15H,8H2,1-4H3. The molecule has 0 atom stereocenters. The molecule has 1 N–H and O–H groups in total. The molecule has 0 fully saturated rings. The number of nitrogens with zero attached hydrogens (tertiary/aromatic N) is 3. The maximum Gasteiger partial charge on any atom is 0.0539 e. The molecule has 1 aromatic carbocycles. The van der Waals surface area contributed by atoms with Gasteiger partial charge in [-0.15, -0.1) is 0 Å². The van der Waals surface area contributed by atoms with Gasteiger partial charge in [-0.3, -0.25) is 4.68 Å². The monoisotopic (exact) mass is 244 g/mol. The zero-order valence-corrected chi connectivity index (χ0v) is 11.4. The highest BCUT2D eigenvalue weighted by Crippen LogP contribution is 2.22. The lowest BCUT2D eigenvalue weighted by atomic mass is 10.1. The fourth-order valence-corrected chi connectivity index (χ4v) is 1.97. The Bertz CT molecular complexity index is 528. The minimum atomic E-state index is 0.795. The summed E-state index contributed by atoms with van der Waals surface area (Å²) in [5, 5.41) is 7.57. The Kier molecular flexibility index (Phi) is 3.55. The molecule has 18 heavy (non-hydrogen) atoms. The molecule has 0 unspecified atom stereocenters. The van der Waals surface area contributed by atoms with Crippen molar-refractivity contribution in [3.63, 3.8) is 0 Å². The summed E-state index contributed by atoms with van der Waals surface area (Å²) in [4.78, 5) is 2.13. The summed E-state index contributed by atoms with van der Waals surface area (Å²) in [5.41, 5.74) is 4.84. The lowest BCUT2D eigenvalue weighted by molar-refractivity contribution is 0.767. The summed E-state index contributed by atoms with van der Waals surface area (Å²) in [7, 11) is 6.06. The van der Waals surface area contributed by atoms with Gasteiger partial charge in [0, 0.05) is 50.8 Å². The molecule has 4 heteroatoms. The minimum Gasteiger partial charge on any atom is -0.381 e. The second-order valence-electron chi connectivity index (χ2n) is 4.77. The Balaban J connectivity index is 2.08. The van der Waals surface area contributed by atoms with Gasteiger partial charge in [0.25, 0.3) is 0 Å². The van der Waals surface area contributed by atoms with Gasteiger partial charge in [0.05, 0.1) is 6.20 Å². The molecule has 0 aliphatic carbocycles. The van der Waals surface area contributed by atoms with Crippen LogP contribution in [-0.4, -0.2) is 23.9 Å². The van der Waals surface area contributed by atoms with Crippen molar-refractivity contribution < 1.29 is 0 Å². The topological polar surface area (TPSA) is 33.1 Å². The fourth-order valence-electron chi connectivity index (χ4n) is 1.97. The van der Waals surface area contributed by atoms with Crippen LogP contribution in [0.1, 0.15) is 11.1 Å². The molecule has 1 heterocycles. The molecule has 0 aliphatic heterocycles. The van der Waals surface area contributed by atoms with Crippen molar-refractivity contribution in [2.75, 3.05) is 24.3 Å². The Hall–Kier alpha value is -1.97. The van der Waals surface area contributed by atoms with E-state index in [1.807, 2.05) is 24.1 Å². The first-order valence-corrected chi connectivity index (χ1v) is 6.05. The van der Waals surface area contributed by atoms with Gasteiger partial charge in [-0.1, -0.05) is 6.07 Å². The van der Waals surface area contributed by atoms with Gasteiger partial charge >= 0.3 is 0 Å². The number of anilines is 2. The van der Waals surface area contributed by atoms with Crippen molar-refractivity contribution in [1.29, 1.82) is 0 Å².